The summed E-state index contributed by atoms with van der Waals surface area (Å²) in [5, 5.41) is 3.04. The first kappa shape index (κ1) is 25.0. The van der Waals surface area contributed by atoms with Crippen LogP contribution in [-0.4, -0.2) is 50.9 Å². The number of ether oxygens (including phenoxy) is 1. The Bertz CT molecular complexity index is 870. The maximum atomic E-state index is 12.7. The van der Waals surface area contributed by atoms with Crippen molar-refractivity contribution in [2.24, 2.45) is 11.8 Å². The standard InChI is InChI=1S/C24H39N3O4S/c1-17(2)22-16-27(14-15-31-22)21-12-10-19(11-13-21)25-23(28)18-6-8-20(9-7-18)26-32(29,30)24(3,4)5/h10-13,17-18,20,22,26H,6-9,14-16H2,1-5H3,(H,25,28)/t18-,20-,22?. The summed E-state index contributed by atoms with van der Waals surface area (Å²) in [6, 6.07) is 7.92. The molecular weight excluding hydrogens is 426 g/mol. The Labute approximate surface area is 193 Å². The first-order valence-electron chi connectivity index (χ1n) is 11.8. The lowest BCUT2D eigenvalue weighted by Gasteiger charge is -2.36. The number of carbonyl (C=O) groups is 1. The fraction of sp³-hybridized carbons (Fsp3) is 0.708. The Balaban J connectivity index is 1.49. The molecule has 1 heterocycles. The third kappa shape index (κ3) is 6.23. The maximum absolute atomic E-state index is 12.7. The average molecular weight is 466 g/mol. The van der Waals surface area contributed by atoms with E-state index in [1.54, 1.807) is 20.8 Å². The van der Waals surface area contributed by atoms with Gasteiger partial charge < -0.3 is 15.0 Å². The van der Waals surface area contributed by atoms with E-state index in [-0.39, 0.29) is 24.0 Å². The van der Waals surface area contributed by atoms with Crippen LogP contribution in [0.3, 0.4) is 0 Å². The lowest BCUT2D eigenvalue weighted by atomic mass is 9.86. The van der Waals surface area contributed by atoms with E-state index in [1.165, 1.54) is 0 Å². The summed E-state index contributed by atoms with van der Waals surface area (Å²) in [6.45, 7) is 11.9. The number of nitrogens with zero attached hydrogens (tertiary/aromatic N) is 1. The number of hydrogen-bond donors (Lipinski definition) is 2. The van der Waals surface area contributed by atoms with Gasteiger partial charge >= 0.3 is 0 Å². The van der Waals surface area contributed by atoms with Crippen LogP contribution < -0.4 is 14.9 Å². The van der Waals surface area contributed by atoms with Crippen LogP contribution in [0.15, 0.2) is 24.3 Å². The van der Waals surface area contributed by atoms with E-state index in [2.05, 4.69) is 40.9 Å². The van der Waals surface area contributed by atoms with E-state index in [4.69, 9.17) is 4.74 Å². The molecule has 0 radical (unpaired) electrons. The number of benzene rings is 1. The van der Waals surface area contributed by atoms with Gasteiger partial charge in [0, 0.05) is 36.4 Å². The number of amides is 1. The average Bonchev–Trinajstić information content (AvgIpc) is 2.74. The molecule has 7 nitrogen and oxygen atoms in total. The second-order valence-corrected chi connectivity index (χ2v) is 12.9. The minimum Gasteiger partial charge on any atom is -0.374 e. The molecule has 0 spiro atoms. The van der Waals surface area contributed by atoms with Crippen molar-refractivity contribution < 1.29 is 17.9 Å². The van der Waals surface area contributed by atoms with Crippen molar-refractivity contribution in [3.63, 3.8) is 0 Å². The zero-order valence-corrected chi connectivity index (χ0v) is 20.9. The Hall–Kier alpha value is -1.64. The zero-order chi connectivity index (χ0) is 23.5. The zero-order valence-electron chi connectivity index (χ0n) is 20.1. The third-order valence-corrected chi connectivity index (χ3v) is 8.82. The van der Waals surface area contributed by atoms with Crippen LogP contribution in [0.4, 0.5) is 11.4 Å². The van der Waals surface area contributed by atoms with E-state index >= 15 is 0 Å². The van der Waals surface area contributed by atoms with Gasteiger partial charge in [-0.1, -0.05) is 13.8 Å². The molecule has 2 aliphatic rings. The molecule has 1 atom stereocenters. The summed E-state index contributed by atoms with van der Waals surface area (Å²) in [5.41, 5.74) is 1.94. The highest BCUT2D eigenvalue weighted by Crippen LogP contribution is 2.28. The molecule has 1 unspecified atom stereocenters. The second kappa shape index (κ2) is 10.1. The summed E-state index contributed by atoms with van der Waals surface area (Å²) < 4.78 is 32.6. The van der Waals surface area contributed by atoms with Gasteiger partial charge in [0.25, 0.3) is 0 Å². The van der Waals surface area contributed by atoms with E-state index in [1.807, 2.05) is 12.1 Å². The van der Waals surface area contributed by atoms with Gasteiger partial charge in [0.2, 0.25) is 15.9 Å². The Morgan fingerprint density at radius 2 is 1.72 bits per heavy atom. The van der Waals surface area contributed by atoms with Crippen LogP contribution in [-0.2, 0) is 19.6 Å². The van der Waals surface area contributed by atoms with Crippen molar-refractivity contribution >= 4 is 27.3 Å². The number of nitrogens with one attached hydrogen (secondary N) is 2. The molecule has 1 saturated heterocycles. The SMILES string of the molecule is CC(C)C1CN(c2ccc(NC(=O)[C@H]3CC[C@H](NS(=O)(=O)C(C)(C)C)CC3)cc2)CCO1. The minimum absolute atomic E-state index is 0.0149. The molecule has 0 aromatic heterocycles. The van der Waals surface area contributed by atoms with Crippen LogP contribution in [0.1, 0.15) is 60.3 Å². The molecule has 3 rings (SSSR count). The molecule has 1 aliphatic heterocycles. The normalized spacial score (nSPS) is 25.1. The fourth-order valence-corrected chi connectivity index (χ4v) is 5.21. The minimum atomic E-state index is -3.37. The Morgan fingerprint density at radius 1 is 1.09 bits per heavy atom. The van der Waals surface area contributed by atoms with Crippen molar-refractivity contribution in [1.29, 1.82) is 0 Å². The van der Waals surface area contributed by atoms with E-state index < -0.39 is 14.8 Å². The van der Waals surface area contributed by atoms with Gasteiger partial charge in [-0.05, 0) is 76.6 Å². The quantitative estimate of drug-likeness (QED) is 0.668. The summed E-state index contributed by atoms with van der Waals surface area (Å²) in [7, 11) is -3.37. The first-order chi connectivity index (χ1) is 15.0. The third-order valence-electron chi connectivity index (χ3n) is 6.56. The maximum Gasteiger partial charge on any atom is 0.227 e. The number of anilines is 2. The van der Waals surface area contributed by atoms with Crippen molar-refractivity contribution in [3.8, 4) is 0 Å². The molecule has 0 bridgehead atoms. The lowest BCUT2D eigenvalue weighted by molar-refractivity contribution is -0.120. The number of morpholine rings is 1. The number of sulfonamides is 1. The van der Waals surface area contributed by atoms with Gasteiger partial charge in [0.1, 0.15) is 0 Å². The van der Waals surface area contributed by atoms with Crippen LogP contribution in [0.5, 0.6) is 0 Å². The van der Waals surface area contributed by atoms with Gasteiger partial charge in [0.15, 0.2) is 0 Å². The molecule has 1 aromatic rings. The molecule has 2 N–H and O–H groups in total. The van der Waals surface area contributed by atoms with Crippen molar-refractivity contribution in [1.82, 2.24) is 4.72 Å². The lowest BCUT2D eigenvalue weighted by Crippen LogP contribution is -2.46. The molecule has 1 amide bonds. The molecule has 32 heavy (non-hydrogen) atoms. The van der Waals surface area contributed by atoms with Crippen LogP contribution in [0.25, 0.3) is 0 Å². The topological polar surface area (TPSA) is 87.7 Å². The molecule has 1 aliphatic carbocycles. The van der Waals surface area contributed by atoms with Crippen LogP contribution in [0.2, 0.25) is 0 Å². The number of hydrogen-bond acceptors (Lipinski definition) is 5. The van der Waals surface area contributed by atoms with E-state index in [9.17, 15) is 13.2 Å². The Kier molecular flexibility index (Phi) is 7.89. The predicted octanol–water partition coefficient (Wildman–Crippen LogP) is 3.76. The molecule has 8 heteroatoms. The van der Waals surface area contributed by atoms with Gasteiger partial charge in [-0.3, -0.25) is 4.79 Å². The molecule has 1 aromatic carbocycles. The number of rotatable bonds is 6. The summed E-state index contributed by atoms with van der Waals surface area (Å²) >= 11 is 0. The highest BCUT2D eigenvalue weighted by Gasteiger charge is 2.34. The monoisotopic (exact) mass is 465 g/mol. The number of carbonyl (C=O) groups excluding carboxylic acids is 1. The molecule has 180 valence electrons. The Morgan fingerprint density at radius 3 is 2.28 bits per heavy atom. The fourth-order valence-electron chi connectivity index (χ4n) is 4.18. The molecular formula is C24H39N3O4S. The van der Waals surface area contributed by atoms with Gasteiger partial charge in [-0.2, -0.15) is 0 Å². The smallest absolute Gasteiger partial charge is 0.227 e. The van der Waals surface area contributed by atoms with Gasteiger partial charge in [-0.25, -0.2) is 13.1 Å². The molecule has 1 saturated carbocycles. The largest absolute Gasteiger partial charge is 0.374 e. The summed E-state index contributed by atoms with van der Waals surface area (Å²) in [5.74, 6) is 0.410. The second-order valence-electron chi connectivity index (χ2n) is 10.4. The highest BCUT2D eigenvalue weighted by atomic mass is 32.2. The van der Waals surface area contributed by atoms with Crippen LogP contribution >= 0.6 is 0 Å². The van der Waals surface area contributed by atoms with Crippen LogP contribution in [0, 0.1) is 11.8 Å². The highest BCUT2D eigenvalue weighted by molar-refractivity contribution is 7.90. The van der Waals surface area contributed by atoms with E-state index in [0.717, 1.165) is 31.1 Å². The van der Waals surface area contributed by atoms with Crippen molar-refractivity contribution in [2.75, 3.05) is 29.9 Å². The summed E-state index contributed by atoms with van der Waals surface area (Å²) in [6.07, 6.45) is 2.98. The van der Waals surface area contributed by atoms with Gasteiger partial charge in [0.05, 0.1) is 17.5 Å². The summed E-state index contributed by atoms with van der Waals surface area (Å²) in [4.78, 5) is 15.1. The van der Waals surface area contributed by atoms with Gasteiger partial charge in [-0.15, -0.1) is 0 Å². The van der Waals surface area contributed by atoms with Crippen molar-refractivity contribution in [3.05, 3.63) is 24.3 Å². The first-order valence-corrected chi connectivity index (χ1v) is 13.2. The molecule has 2 fully saturated rings. The van der Waals surface area contributed by atoms with E-state index in [0.29, 0.717) is 31.6 Å². The van der Waals surface area contributed by atoms with Crippen molar-refractivity contribution in [2.45, 2.75) is 77.2 Å². The predicted molar refractivity (Wildman–Crippen MR) is 129 cm³/mol.